The Labute approximate surface area is 170 Å². The number of para-hydroxylation sites is 1. The number of nitrogens with zero attached hydrogens (tertiary/aromatic N) is 4. The van der Waals surface area contributed by atoms with Gasteiger partial charge in [-0.2, -0.15) is 5.10 Å². The summed E-state index contributed by atoms with van der Waals surface area (Å²) in [6.45, 7) is 7.05. The summed E-state index contributed by atoms with van der Waals surface area (Å²) >= 11 is 6.20. The van der Waals surface area contributed by atoms with Gasteiger partial charge in [-0.05, 0) is 30.2 Å². The largest absolute Gasteiger partial charge is 0.340 e. The molecule has 0 radical (unpaired) electrons. The molecule has 0 aliphatic carbocycles. The Morgan fingerprint density at radius 2 is 1.75 bits per heavy atom. The molecule has 1 saturated heterocycles. The number of carbonyl (C=O) groups is 1. The Bertz CT molecular complexity index is 976. The van der Waals surface area contributed by atoms with E-state index in [9.17, 15) is 4.79 Å². The molecule has 2 aromatic carbocycles. The van der Waals surface area contributed by atoms with Crippen molar-refractivity contribution in [2.45, 2.75) is 26.4 Å². The van der Waals surface area contributed by atoms with Crippen LogP contribution in [0.3, 0.4) is 0 Å². The number of amides is 1. The van der Waals surface area contributed by atoms with E-state index in [2.05, 4.69) is 41.2 Å². The van der Waals surface area contributed by atoms with E-state index < -0.39 is 0 Å². The number of hydrogen-bond donors (Lipinski definition) is 0. The summed E-state index contributed by atoms with van der Waals surface area (Å²) in [6.07, 6.45) is 0.444. The van der Waals surface area contributed by atoms with E-state index in [0.29, 0.717) is 18.1 Å². The van der Waals surface area contributed by atoms with Gasteiger partial charge in [-0.15, -0.1) is 0 Å². The number of carbonyl (C=O) groups excluding carboxylic acids is 1. The van der Waals surface area contributed by atoms with Crippen LogP contribution in [0.4, 0.5) is 0 Å². The Morgan fingerprint density at radius 1 is 1.04 bits per heavy atom. The molecule has 3 aromatic rings. The molecular formula is C22H25ClN4O. The Hall–Kier alpha value is -2.37. The molecule has 0 unspecified atom stereocenters. The van der Waals surface area contributed by atoms with Crippen LogP contribution in [0, 0.1) is 6.92 Å². The molecule has 1 aliphatic rings. The first kappa shape index (κ1) is 19.0. The summed E-state index contributed by atoms with van der Waals surface area (Å²) in [5.41, 5.74) is 3.67. The van der Waals surface area contributed by atoms with Crippen LogP contribution in [0.25, 0.3) is 10.9 Å². The van der Waals surface area contributed by atoms with Crippen LogP contribution in [-0.4, -0.2) is 51.7 Å². The average molecular weight is 397 g/mol. The van der Waals surface area contributed by atoms with Crippen molar-refractivity contribution in [1.82, 2.24) is 19.6 Å². The maximum atomic E-state index is 12.7. The van der Waals surface area contributed by atoms with Crippen molar-refractivity contribution >= 4 is 28.4 Å². The van der Waals surface area contributed by atoms with Gasteiger partial charge in [-0.3, -0.25) is 14.4 Å². The molecule has 146 valence electrons. The minimum absolute atomic E-state index is 0.186. The predicted molar refractivity (Wildman–Crippen MR) is 112 cm³/mol. The van der Waals surface area contributed by atoms with E-state index in [1.165, 1.54) is 11.1 Å². The van der Waals surface area contributed by atoms with Crippen molar-refractivity contribution < 1.29 is 4.79 Å². The van der Waals surface area contributed by atoms with E-state index in [1.54, 1.807) is 0 Å². The van der Waals surface area contributed by atoms with E-state index in [1.807, 2.05) is 33.8 Å². The molecular weight excluding hydrogens is 372 g/mol. The van der Waals surface area contributed by atoms with Crippen LogP contribution >= 0.6 is 11.6 Å². The highest BCUT2D eigenvalue weighted by molar-refractivity contribution is 6.34. The van der Waals surface area contributed by atoms with Gasteiger partial charge in [0.15, 0.2) is 5.15 Å². The van der Waals surface area contributed by atoms with Crippen LogP contribution in [0.1, 0.15) is 17.5 Å². The maximum absolute atomic E-state index is 12.7. The fourth-order valence-electron chi connectivity index (χ4n) is 3.80. The topological polar surface area (TPSA) is 41.4 Å². The minimum Gasteiger partial charge on any atom is -0.340 e. The van der Waals surface area contributed by atoms with Crippen LogP contribution in [-0.2, 0) is 17.9 Å². The molecule has 1 aromatic heterocycles. The standard InChI is InChI=1S/C22H25ClN4O/c1-17-6-2-3-7-18(17)16-25-12-14-26(15-13-25)21(28)10-11-27-20-9-5-4-8-19(20)22(23)24-27/h2-9H,10-16H2,1H3. The van der Waals surface area contributed by atoms with Crippen LogP contribution in [0.5, 0.6) is 0 Å². The molecule has 6 heteroatoms. The van der Waals surface area contributed by atoms with E-state index in [0.717, 1.165) is 43.6 Å². The van der Waals surface area contributed by atoms with Gasteiger partial charge in [0.05, 0.1) is 12.1 Å². The molecule has 0 spiro atoms. The molecule has 5 nitrogen and oxygen atoms in total. The van der Waals surface area contributed by atoms with E-state index in [-0.39, 0.29) is 5.91 Å². The first-order chi connectivity index (χ1) is 13.6. The third-order valence-corrected chi connectivity index (χ3v) is 5.81. The van der Waals surface area contributed by atoms with E-state index in [4.69, 9.17) is 11.6 Å². The third-order valence-electron chi connectivity index (χ3n) is 5.53. The van der Waals surface area contributed by atoms with Crippen molar-refractivity contribution in [3.05, 3.63) is 64.8 Å². The van der Waals surface area contributed by atoms with Gasteiger partial charge in [0.25, 0.3) is 0 Å². The Balaban J connectivity index is 1.30. The average Bonchev–Trinajstić information content (AvgIpc) is 3.04. The number of aromatic nitrogens is 2. The van der Waals surface area contributed by atoms with Crippen molar-refractivity contribution in [2.75, 3.05) is 26.2 Å². The SMILES string of the molecule is Cc1ccccc1CN1CCN(C(=O)CCn2nc(Cl)c3ccccc32)CC1. The van der Waals surface area contributed by atoms with Gasteiger partial charge in [-0.1, -0.05) is 48.0 Å². The zero-order valence-corrected chi connectivity index (χ0v) is 16.9. The molecule has 2 heterocycles. The molecule has 1 fully saturated rings. The van der Waals surface area contributed by atoms with Crippen LogP contribution in [0.15, 0.2) is 48.5 Å². The number of piperazine rings is 1. The monoisotopic (exact) mass is 396 g/mol. The molecule has 0 saturated carbocycles. The highest BCUT2D eigenvalue weighted by atomic mass is 35.5. The highest BCUT2D eigenvalue weighted by Gasteiger charge is 2.21. The first-order valence-electron chi connectivity index (χ1n) is 9.77. The summed E-state index contributed by atoms with van der Waals surface area (Å²) in [5, 5.41) is 5.80. The summed E-state index contributed by atoms with van der Waals surface area (Å²) in [4.78, 5) is 17.1. The summed E-state index contributed by atoms with van der Waals surface area (Å²) in [6, 6.07) is 16.4. The second-order valence-electron chi connectivity index (χ2n) is 7.36. The Morgan fingerprint density at radius 3 is 2.54 bits per heavy atom. The van der Waals surface area contributed by atoms with Crippen LogP contribution in [0.2, 0.25) is 5.15 Å². The summed E-state index contributed by atoms with van der Waals surface area (Å²) in [7, 11) is 0. The fourth-order valence-corrected chi connectivity index (χ4v) is 4.05. The fraction of sp³-hybridized carbons (Fsp3) is 0.364. The lowest BCUT2D eigenvalue weighted by atomic mass is 10.1. The van der Waals surface area contributed by atoms with Gasteiger partial charge < -0.3 is 4.90 Å². The molecule has 0 atom stereocenters. The second kappa shape index (κ2) is 8.33. The number of aryl methyl sites for hydroxylation is 2. The first-order valence-corrected chi connectivity index (χ1v) is 10.2. The molecule has 1 amide bonds. The van der Waals surface area contributed by atoms with Gasteiger partial charge in [-0.25, -0.2) is 0 Å². The van der Waals surface area contributed by atoms with Gasteiger partial charge in [0.2, 0.25) is 5.91 Å². The normalized spacial score (nSPS) is 15.3. The summed E-state index contributed by atoms with van der Waals surface area (Å²) < 4.78 is 1.84. The molecule has 4 rings (SSSR count). The van der Waals surface area contributed by atoms with Crippen molar-refractivity contribution in [3.63, 3.8) is 0 Å². The number of hydrogen-bond acceptors (Lipinski definition) is 3. The Kier molecular flexibility index (Phi) is 5.64. The molecule has 0 N–H and O–H groups in total. The molecule has 28 heavy (non-hydrogen) atoms. The maximum Gasteiger partial charge on any atom is 0.224 e. The lowest BCUT2D eigenvalue weighted by Gasteiger charge is -2.35. The molecule has 0 bridgehead atoms. The highest BCUT2D eigenvalue weighted by Crippen LogP contribution is 2.22. The second-order valence-corrected chi connectivity index (χ2v) is 7.72. The quantitative estimate of drug-likeness (QED) is 0.659. The summed E-state index contributed by atoms with van der Waals surface area (Å²) in [5.74, 6) is 0.186. The number of benzene rings is 2. The number of halogens is 1. The predicted octanol–water partition coefficient (Wildman–Crippen LogP) is 3.73. The van der Waals surface area contributed by atoms with Crippen molar-refractivity contribution in [3.8, 4) is 0 Å². The van der Waals surface area contributed by atoms with Crippen molar-refractivity contribution in [1.29, 1.82) is 0 Å². The lowest BCUT2D eigenvalue weighted by molar-refractivity contribution is -0.133. The zero-order chi connectivity index (χ0) is 19.5. The van der Waals surface area contributed by atoms with Gasteiger partial charge in [0, 0.05) is 44.5 Å². The van der Waals surface area contributed by atoms with Gasteiger partial charge >= 0.3 is 0 Å². The lowest BCUT2D eigenvalue weighted by Crippen LogP contribution is -2.48. The smallest absolute Gasteiger partial charge is 0.224 e. The number of fused-ring (bicyclic) bond motifs is 1. The third kappa shape index (κ3) is 4.05. The minimum atomic E-state index is 0.186. The zero-order valence-electron chi connectivity index (χ0n) is 16.1. The van der Waals surface area contributed by atoms with Crippen LogP contribution < -0.4 is 0 Å². The van der Waals surface area contributed by atoms with E-state index >= 15 is 0 Å². The number of rotatable bonds is 5. The van der Waals surface area contributed by atoms with Gasteiger partial charge in [0.1, 0.15) is 0 Å². The van der Waals surface area contributed by atoms with Crippen molar-refractivity contribution in [2.24, 2.45) is 0 Å². The molecule has 1 aliphatic heterocycles.